The summed E-state index contributed by atoms with van der Waals surface area (Å²) in [5.74, 6) is -1.03. The predicted molar refractivity (Wildman–Crippen MR) is 127 cm³/mol. The van der Waals surface area contributed by atoms with E-state index < -0.39 is 17.9 Å². The first-order valence-corrected chi connectivity index (χ1v) is 11.2. The first-order chi connectivity index (χ1) is 16.6. The van der Waals surface area contributed by atoms with Crippen LogP contribution in [0.4, 0.5) is 5.69 Å². The third kappa shape index (κ3) is 2.96. The lowest BCUT2D eigenvalue weighted by Gasteiger charge is -2.22. The van der Waals surface area contributed by atoms with Crippen molar-refractivity contribution >= 4 is 51.6 Å². The summed E-state index contributed by atoms with van der Waals surface area (Å²) in [4.78, 5) is 49.5. The fourth-order valence-electron chi connectivity index (χ4n) is 4.72. The van der Waals surface area contributed by atoms with Crippen molar-refractivity contribution < 1.29 is 18.6 Å². The number of rotatable bonds is 4. The number of amides is 2. The van der Waals surface area contributed by atoms with Crippen LogP contribution in [0.5, 0.6) is 0 Å². The van der Waals surface area contributed by atoms with E-state index in [4.69, 9.17) is 4.18 Å². The van der Waals surface area contributed by atoms with Gasteiger partial charge in [0.05, 0.1) is 53.6 Å². The summed E-state index contributed by atoms with van der Waals surface area (Å²) in [7, 11) is 1.46. The highest BCUT2D eigenvalue weighted by molar-refractivity contribution is 8.09. The Morgan fingerprint density at radius 3 is 2.85 bits per heavy atom. The van der Waals surface area contributed by atoms with Crippen molar-refractivity contribution in [2.75, 3.05) is 12.0 Å². The van der Waals surface area contributed by atoms with Gasteiger partial charge in [-0.1, -0.05) is 24.3 Å². The van der Waals surface area contributed by atoms with Gasteiger partial charge in [0.15, 0.2) is 0 Å². The molecule has 6 rings (SSSR count). The molecular weight excluding hydrogens is 454 g/mol. The number of para-hydroxylation sites is 1. The first kappa shape index (κ1) is 20.6. The molecule has 10 heteroatoms. The minimum atomic E-state index is -0.523. The number of aliphatic imine (C=N–C) groups is 1. The lowest BCUT2D eigenvalue weighted by Crippen LogP contribution is -2.33. The average Bonchev–Trinajstić information content (AvgIpc) is 3.45. The summed E-state index contributed by atoms with van der Waals surface area (Å²) in [6.07, 6.45) is 7.15. The molecule has 2 aromatic heterocycles. The minimum Gasteiger partial charge on any atom is -0.334 e. The van der Waals surface area contributed by atoms with E-state index in [0.717, 1.165) is 23.3 Å². The van der Waals surface area contributed by atoms with Gasteiger partial charge in [0.2, 0.25) is 5.12 Å². The Kier molecular flexibility index (Phi) is 4.71. The number of imide groups is 1. The molecule has 3 aromatic rings. The number of benzene rings is 1. The molecule has 1 aromatic carbocycles. The number of anilines is 1. The van der Waals surface area contributed by atoms with Crippen molar-refractivity contribution in [2.45, 2.75) is 12.5 Å². The van der Waals surface area contributed by atoms with Gasteiger partial charge in [0.1, 0.15) is 11.7 Å². The highest BCUT2D eigenvalue weighted by Crippen LogP contribution is 2.41. The number of pyridine rings is 1. The van der Waals surface area contributed by atoms with E-state index in [9.17, 15) is 14.4 Å². The van der Waals surface area contributed by atoms with Gasteiger partial charge >= 0.3 is 0 Å². The van der Waals surface area contributed by atoms with Gasteiger partial charge in [-0.3, -0.25) is 29.1 Å². The second kappa shape index (κ2) is 7.79. The highest BCUT2D eigenvalue weighted by Gasteiger charge is 2.41. The normalized spacial score (nSPS) is 18.9. The maximum absolute atomic E-state index is 13.1. The molecule has 0 aliphatic carbocycles. The maximum atomic E-state index is 13.1. The Morgan fingerprint density at radius 1 is 1.15 bits per heavy atom. The van der Waals surface area contributed by atoms with Crippen molar-refractivity contribution in [2.24, 2.45) is 4.99 Å². The molecule has 9 nitrogen and oxygen atoms in total. The molecule has 0 spiro atoms. The van der Waals surface area contributed by atoms with Crippen LogP contribution in [0.3, 0.4) is 0 Å². The zero-order valence-electron chi connectivity index (χ0n) is 17.9. The fraction of sp³-hybridized carbons (Fsp3) is 0.125. The lowest BCUT2D eigenvalue weighted by atomic mass is 9.94. The molecule has 1 atom stereocenters. The molecule has 1 unspecified atom stereocenters. The van der Waals surface area contributed by atoms with Crippen LogP contribution in [0, 0.1) is 0 Å². The molecule has 0 saturated heterocycles. The van der Waals surface area contributed by atoms with Crippen LogP contribution in [0.1, 0.15) is 16.8 Å². The molecule has 0 saturated carbocycles. The molecule has 0 bridgehead atoms. The van der Waals surface area contributed by atoms with Gasteiger partial charge in [0.25, 0.3) is 11.8 Å². The van der Waals surface area contributed by atoms with Gasteiger partial charge in [-0.05, 0) is 17.7 Å². The number of aromatic nitrogens is 2. The molecule has 168 valence electrons. The Hall–Kier alpha value is -4.02. The molecule has 1 N–H and O–H groups in total. The smallest absolute Gasteiger partial charge is 0.261 e. The topological polar surface area (TPSA) is 105 Å². The quantitative estimate of drug-likeness (QED) is 0.460. The second-order valence-corrected chi connectivity index (χ2v) is 8.79. The van der Waals surface area contributed by atoms with Crippen LogP contribution >= 0.6 is 12.0 Å². The van der Waals surface area contributed by atoms with Crippen LogP contribution < -0.4 is 10.2 Å². The molecular formula is C24H17N5O4S. The molecule has 34 heavy (non-hydrogen) atoms. The fourth-order valence-corrected chi connectivity index (χ4v) is 5.19. The molecule has 2 amide bonds. The molecule has 0 fully saturated rings. The zero-order valence-corrected chi connectivity index (χ0v) is 18.7. The molecule has 3 aliphatic heterocycles. The number of hydrogen-bond acceptors (Lipinski definition) is 8. The number of nitrogens with zero attached hydrogens (tertiary/aromatic N) is 4. The first-order valence-electron chi connectivity index (χ1n) is 10.5. The molecule has 0 radical (unpaired) electrons. The van der Waals surface area contributed by atoms with Crippen LogP contribution in [0.15, 0.2) is 71.8 Å². The number of imidazole rings is 1. The largest absolute Gasteiger partial charge is 0.334 e. The predicted octanol–water partition coefficient (Wildman–Crippen LogP) is 2.27. The number of nitrogens with one attached hydrogen (secondary N) is 1. The summed E-state index contributed by atoms with van der Waals surface area (Å²) < 4.78 is 6.75. The van der Waals surface area contributed by atoms with Gasteiger partial charge < -0.3 is 9.08 Å². The minimum absolute atomic E-state index is 0.128. The maximum Gasteiger partial charge on any atom is 0.261 e. The van der Waals surface area contributed by atoms with Crippen molar-refractivity contribution in [1.82, 2.24) is 14.7 Å². The van der Waals surface area contributed by atoms with Crippen molar-refractivity contribution in [3.8, 4) is 0 Å². The van der Waals surface area contributed by atoms with E-state index in [1.165, 1.54) is 7.11 Å². The summed E-state index contributed by atoms with van der Waals surface area (Å²) in [6.45, 7) is 0. The lowest BCUT2D eigenvalue weighted by molar-refractivity contribution is -0.123. The van der Waals surface area contributed by atoms with Crippen LogP contribution in [-0.4, -0.2) is 45.2 Å². The Balaban J connectivity index is 1.54. The number of carbonyl (C=O) groups is 3. The third-order valence-electron chi connectivity index (χ3n) is 6.09. The Bertz CT molecular complexity index is 1500. The van der Waals surface area contributed by atoms with Gasteiger partial charge in [-0.2, -0.15) is 0 Å². The van der Waals surface area contributed by atoms with Gasteiger partial charge in [-0.25, -0.2) is 4.98 Å². The number of fused-ring (bicyclic) bond motifs is 1. The van der Waals surface area contributed by atoms with Crippen LogP contribution in [0.2, 0.25) is 0 Å². The van der Waals surface area contributed by atoms with Crippen molar-refractivity contribution in [3.05, 3.63) is 83.6 Å². The third-order valence-corrected chi connectivity index (χ3v) is 6.69. The Labute approximate surface area is 198 Å². The highest BCUT2D eigenvalue weighted by atomic mass is 32.2. The molecule has 5 heterocycles. The van der Waals surface area contributed by atoms with Crippen LogP contribution in [-0.2, 0) is 25.0 Å². The number of carbonyl (C=O) groups excluding carboxylic acids is 3. The Morgan fingerprint density at radius 2 is 2.00 bits per heavy atom. The summed E-state index contributed by atoms with van der Waals surface area (Å²) >= 11 is 0.802. The molecule has 3 aliphatic rings. The van der Waals surface area contributed by atoms with Crippen molar-refractivity contribution in [1.29, 1.82) is 0 Å². The van der Waals surface area contributed by atoms with E-state index in [1.807, 2.05) is 41.3 Å². The zero-order chi connectivity index (χ0) is 23.4. The second-order valence-electron chi connectivity index (χ2n) is 7.89. The standard InChI is InChI=1S/C24H17N5O4S/c1-33-34-24(32)15-11-13-5-4-6-14-20(25-8-10-29(15)21(13)14)19-18(22(30)27-23(19)31)16-12-26-17-7-2-3-9-28(16)17/h2-10,12,15H,11H2,1H3,(H,27,30,31). The van der Waals surface area contributed by atoms with E-state index in [1.54, 1.807) is 29.2 Å². The van der Waals surface area contributed by atoms with Crippen molar-refractivity contribution in [3.63, 3.8) is 0 Å². The van der Waals surface area contributed by atoms with E-state index in [-0.39, 0.29) is 16.3 Å². The SMILES string of the molecule is COSC(=O)C1Cc2cccc3c2N1C=CN=C3C1=C(c2cnc3ccccn23)C(=O)NC1=O. The van der Waals surface area contributed by atoms with Crippen LogP contribution in [0.25, 0.3) is 11.2 Å². The monoisotopic (exact) mass is 471 g/mol. The van der Waals surface area contributed by atoms with Gasteiger partial charge in [0, 0.05) is 30.6 Å². The average molecular weight is 471 g/mol. The summed E-state index contributed by atoms with van der Waals surface area (Å²) in [6, 6.07) is 10.7. The summed E-state index contributed by atoms with van der Waals surface area (Å²) in [5.41, 5.74) is 4.33. The van der Waals surface area contributed by atoms with E-state index >= 15 is 0 Å². The summed E-state index contributed by atoms with van der Waals surface area (Å²) in [5, 5.41) is 2.29. The number of hydrogen-bond donors (Lipinski definition) is 1. The van der Waals surface area contributed by atoms with E-state index in [0.29, 0.717) is 29.0 Å². The van der Waals surface area contributed by atoms with Gasteiger partial charge in [-0.15, -0.1) is 0 Å². The van der Waals surface area contributed by atoms with E-state index in [2.05, 4.69) is 15.3 Å².